The van der Waals surface area contributed by atoms with E-state index in [1.54, 1.807) is 18.2 Å². The molecule has 0 saturated carbocycles. The van der Waals surface area contributed by atoms with Gasteiger partial charge in [-0.05, 0) is 48.0 Å². The Kier molecular flexibility index (Phi) is 5.53. The standard InChI is InChI=1S/C18H11BrN2O2S2/c19-13-3-5-14(6-4-13)21-17(22)16(25-18(21)24)11-12-1-7-15(8-2-12)23-10-9-20/h1-8,11H,10H2/b16-11-. The van der Waals surface area contributed by atoms with Crippen LogP contribution in [0.25, 0.3) is 6.08 Å². The van der Waals surface area contributed by atoms with Crippen molar-refractivity contribution in [3.8, 4) is 11.8 Å². The van der Waals surface area contributed by atoms with Gasteiger partial charge >= 0.3 is 0 Å². The summed E-state index contributed by atoms with van der Waals surface area (Å²) in [6.45, 7) is 0.00515. The third kappa shape index (κ3) is 4.10. The molecule has 1 aliphatic rings. The molecule has 2 aromatic rings. The lowest BCUT2D eigenvalue weighted by Gasteiger charge is -2.14. The van der Waals surface area contributed by atoms with Gasteiger partial charge in [0.25, 0.3) is 5.91 Å². The highest BCUT2D eigenvalue weighted by atomic mass is 79.9. The maximum absolute atomic E-state index is 12.7. The molecule has 25 heavy (non-hydrogen) atoms. The second-order valence-electron chi connectivity index (χ2n) is 5.01. The van der Waals surface area contributed by atoms with Crippen molar-refractivity contribution in [1.82, 2.24) is 0 Å². The second-order valence-corrected chi connectivity index (χ2v) is 7.60. The van der Waals surface area contributed by atoms with Crippen LogP contribution in [0.2, 0.25) is 0 Å². The molecule has 1 fully saturated rings. The number of thioether (sulfide) groups is 1. The molecule has 1 aliphatic heterocycles. The maximum Gasteiger partial charge on any atom is 0.270 e. The first-order chi connectivity index (χ1) is 12.1. The molecule has 1 amide bonds. The lowest BCUT2D eigenvalue weighted by molar-refractivity contribution is -0.113. The highest BCUT2D eigenvalue weighted by Gasteiger charge is 2.33. The van der Waals surface area contributed by atoms with Crippen molar-refractivity contribution < 1.29 is 9.53 Å². The van der Waals surface area contributed by atoms with E-state index in [0.29, 0.717) is 15.0 Å². The van der Waals surface area contributed by atoms with Gasteiger partial charge in [0.2, 0.25) is 0 Å². The summed E-state index contributed by atoms with van der Waals surface area (Å²) in [5.74, 6) is 0.475. The lowest BCUT2D eigenvalue weighted by atomic mass is 10.2. The maximum atomic E-state index is 12.7. The van der Waals surface area contributed by atoms with E-state index in [1.807, 2.05) is 42.5 Å². The zero-order valence-electron chi connectivity index (χ0n) is 12.8. The van der Waals surface area contributed by atoms with Gasteiger partial charge < -0.3 is 4.74 Å². The van der Waals surface area contributed by atoms with Gasteiger partial charge in [-0.1, -0.05) is 52.0 Å². The molecule has 7 heteroatoms. The van der Waals surface area contributed by atoms with E-state index in [9.17, 15) is 4.79 Å². The average molecular weight is 431 g/mol. The monoisotopic (exact) mass is 430 g/mol. The first-order valence-corrected chi connectivity index (χ1v) is 9.23. The number of hydrogen-bond acceptors (Lipinski definition) is 5. The van der Waals surface area contributed by atoms with Crippen LogP contribution in [-0.2, 0) is 4.79 Å². The topological polar surface area (TPSA) is 53.3 Å². The number of thiocarbonyl (C=S) groups is 1. The van der Waals surface area contributed by atoms with Gasteiger partial charge in [0.05, 0.1) is 10.6 Å². The predicted molar refractivity (Wildman–Crippen MR) is 107 cm³/mol. The van der Waals surface area contributed by atoms with Crippen molar-refractivity contribution in [3.63, 3.8) is 0 Å². The quantitative estimate of drug-likeness (QED) is 0.516. The number of carbonyl (C=O) groups excluding carboxylic acids is 1. The third-order valence-corrected chi connectivity index (χ3v) is 5.19. The molecule has 0 N–H and O–H groups in total. The molecule has 3 rings (SSSR count). The van der Waals surface area contributed by atoms with Gasteiger partial charge in [-0.3, -0.25) is 9.69 Å². The Morgan fingerprint density at radius 2 is 1.88 bits per heavy atom. The highest BCUT2D eigenvalue weighted by Crippen LogP contribution is 2.36. The number of halogens is 1. The number of rotatable bonds is 4. The normalized spacial score (nSPS) is 15.5. The zero-order valence-corrected chi connectivity index (χ0v) is 16.0. The van der Waals surface area contributed by atoms with E-state index in [2.05, 4.69) is 15.9 Å². The van der Waals surface area contributed by atoms with E-state index < -0.39 is 0 Å². The van der Waals surface area contributed by atoms with Crippen LogP contribution in [0.1, 0.15) is 5.56 Å². The summed E-state index contributed by atoms with van der Waals surface area (Å²) in [7, 11) is 0. The summed E-state index contributed by atoms with van der Waals surface area (Å²) in [4.78, 5) is 14.8. The molecule has 0 unspecified atom stereocenters. The first-order valence-electron chi connectivity index (χ1n) is 7.22. The van der Waals surface area contributed by atoms with Gasteiger partial charge in [-0.25, -0.2) is 0 Å². The molecular formula is C18H11BrN2O2S2. The minimum Gasteiger partial charge on any atom is -0.479 e. The minimum absolute atomic E-state index is 0.00515. The SMILES string of the molecule is N#CCOc1ccc(/C=C2\SC(=S)N(c3ccc(Br)cc3)C2=O)cc1. The summed E-state index contributed by atoms with van der Waals surface area (Å²) >= 11 is 10.0. The Labute approximate surface area is 163 Å². The van der Waals surface area contributed by atoms with Gasteiger partial charge in [-0.15, -0.1) is 0 Å². The zero-order chi connectivity index (χ0) is 17.8. The lowest BCUT2D eigenvalue weighted by Crippen LogP contribution is -2.27. The molecule has 0 aromatic heterocycles. The van der Waals surface area contributed by atoms with E-state index in [1.165, 1.54) is 16.7 Å². The van der Waals surface area contributed by atoms with Crippen molar-refractivity contribution in [3.05, 3.63) is 63.5 Å². The van der Waals surface area contributed by atoms with Crippen LogP contribution in [-0.4, -0.2) is 16.8 Å². The number of amides is 1. The molecule has 0 aliphatic carbocycles. The number of nitriles is 1. The third-order valence-electron chi connectivity index (χ3n) is 3.36. The van der Waals surface area contributed by atoms with Crippen LogP contribution >= 0.6 is 39.9 Å². The van der Waals surface area contributed by atoms with E-state index in [4.69, 9.17) is 22.2 Å². The van der Waals surface area contributed by atoms with E-state index >= 15 is 0 Å². The fraction of sp³-hybridized carbons (Fsp3) is 0.0556. The number of benzene rings is 2. The second kappa shape index (κ2) is 7.83. The Bertz CT molecular complexity index is 887. The number of hydrogen-bond donors (Lipinski definition) is 0. The summed E-state index contributed by atoms with van der Waals surface area (Å²) in [5.41, 5.74) is 1.61. The molecule has 0 spiro atoms. The number of carbonyl (C=O) groups is 1. The molecule has 1 heterocycles. The van der Waals surface area contributed by atoms with Crippen molar-refractivity contribution >= 4 is 61.9 Å². The molecular weight excluding hydrogens is 420 g/mol. The van der Waals surface area contributed by atoms with Gasteiger partial charge in [0.1, 0.15) is 11.8 Å². The van der Waals surface area contributed by atoms with Crippen LogP contribution < -0.4 is 9.64 Å². The largest absolute Gasteiger partial charge is 0.479 e. The van der Waals surface area contributed by atoms with Crippen LogP contribution in [0.3, 0.4) is 0 Å². The molecule has 0 bridgehead atoms. The van der Waals surface area contributed by atoms with Gasteiger partial charge in [0, 0.05) is 4.47 Å². The van der Waals surface area contributed by atoms with Crippen molar-refractivity contribution in [1.29, 1.82) is 5.26 Å². The molecule has 0 radical (unpaired) electrons. The van der Waals surface area contributed by atoms with Crippen molar-refractivity contribution in [2.24, 2.45) is 0 Å². The van der Waals surface area contributed by atoms with Gasteiger partial charge in [-0.2, -0.15) is 5.26 Å². The highest BCUT2D eigenvalue weighted by molar-refractivity contribution is 9.10. The van der Waals surface area contributed by atoms with Crippen LogP contribution in [0.5, 0.6) is 5.75 Å². The summed E-state index contributed by atoms with van der Waals surface area (Å²) in [5, 5.41) is 8.52. The fourth-order valence-electron chi connectivity index (χ4n) is 2.21. The molecule has 2 aromatic carbocycles. The van der Waals surface area contributed by atoms with E-state index in [0.717, 1.165) is 15.7 Å². The Balaban J connectivity index is 1.80. The van der Waals surface area contributed by atoms with Crippen molar-refractivity contribution in [2.75, 3.05) is 11.5 Å². The van der Waals surface area contributed by atoms with E-state index in [-0.39, 0.29) is 12.5 Å². The number of anilines is 1. The Morgan fingerprint density at radius 3 is 2.52 bits per heavy atom. The number of nitrogens with zero attached hydrogens (tertiary/aromatic N) is 2. The summed E-state index contributed by atoms with van der Waals surface area (Å²) in [6.07, 6.45) is 1.80. The first kappa shape index (κ1) is 17.7. The van der Waals surface area contributed by atoms with Crippen LogP contribution in [0, 0.1) is 11.3 Å². The molecule has 124 valence electrons. The molecule has 0 atom stereocenters. The molecule has 1 saturated heterocycles. The Morgan fingerprint density at radius 1 is 1.20 bits per heavy atom. The summed E-state index contributed by atoms with van der Waals surface area (Å²) < 4.78 is 6.66. The Hall–Kier alpha value is -2.14. The minimum atomic E-state index is -0.137. The molecule has 4 nitrogen and oxygen atoms in total. The summed E-state index contributed by atoms with van der Waals surface area (Å²) in [6, 6.07) is 16.5. The van der Waals surface area contributed by atoms with Gasteiger partial charge in [0.15, 0.2) is 10.9 Å². The smallest absolute Gasteiger partial charge is 0.270 e. The fourth-order valence-corrected chi connectivity index (χ4v) is 3.77. The predicted octanol–water partition coefficient (Wildman–Crippen LogP) is 4.76. The van der Waals surface area contributed by atoms with Crippen LogP contribution in [0.15, 0.2) is 57.9 Å². The number of ether oxygens (including phenoxy) is 1. The van der Waals surface area contributed by atoms with Crippen molar-refractivity contribution in [2.45, 2.75) is 0 Å². The van der Waals surface area contributed by atoms with Crippen LogP contribution in [0.4, 0.5) is 5.69 Å². The average Bonchev–Trinajstić information content (AvgIpc) is 2.89.